The summed E-state index contributed by atoms with van der Waals surface area (Å²) in [6.07, 6.45) is 1.22. The van der Waals surface area contributed by atoms with Crippen LogP contribution in [0.1, 0.15) is 60.4 Å². The molecule has 172 valence electrons. The summed E-state index contributed by atoms with van der Waals surface area (Å²) >= 11 is 0. The maximum absolute atomic E-state index is 12.1. The van der Waals surface area contributed by atoms with Crippen molar-refractivity contribution in [3.63, 3.8) is 0 Å². The summed E-state index contributed by atoms with van der Waals surface area (Å²) in [6.45, 7) is 7.04. The number of hydrogen-bond donors (Lipinski definition) is 4. The Balaban J connectivity index is 0.00000121. The Labute approximate surface area is 188 Å². The van der Waals surface area contributed by atoms with E-state index in [2.05, 4.69) is 10.6 Å². The normalized spacial score (nSPS) is 10.7. The number of nitrogens with zero attached hydrogens (tertiary/aromatic N) is 1. The smallest absolute Gasteiger partial charge is 0.255 e. The Bertz CT molecular complexity index is 889. The van der Waals surface area contributed by atoms with E-state index in [-0.39, 0.29) is 11.8 Å². The van der Waals surface area contributed by atoms with Crippen molar-refractivity contribution in [2.45, 2.75) is 45.8 Å². The highest BCUT2D eigenvalue weighted by Crippen LogP contribution is 2.12. The molecule has 0 radical (unpaired) electrons. The van der Waals surface area contributed by atoms with Gasteiger partial charge in [0, 0.05) is 23.9 Å². The van der Waals surface area contributed by atoms with E-state index in [9.17, 15) is 14.4 Å². The van der Waals surface area contributed by atoms with Crippen LogP contribution in [-0.2, 0) is 4.79 Å². The van der Waals surface area contributed by atoms with Gasteiger partial charge in [0.2, 0.25) is 0 Å². The number of aldehydes is 1. The van der Waals surface area contributed by atoms with Gasteiger partial charge in [-0.3, -0.25) is 9.59 Å². The molecule has 0 aliphatic carbocycles. The zero-order valence-corrected chi connectivity index (χ0v) is 19.0. The number of amides is 2. The molecule has 2 rings (SSSR count). The van der Waals surface area contributed by atoms with E-state index in [1.54, 1.807) is 76.2 Å². The monoisotopic (exact) mass is 441 g/mol. The van der Waals surface area contributed by atoms with Crippen molar-refractivity contribution in [1.82, 2.24) is 5.32 Å². The van der Waals surface area contributed by atoms with Crippen LogP contribution in [0.3, 0.4) is 0 Å². The molecule has 0 saturated carbocycles. The summed E-state index contributed by atoms with van der Waals surface area (Å²) in [5.41, 5.74) is 1.34. The summed E-state index contributed by atoms with van der Waals surface area (Å²) in [5.74, 6) is -0.655. The highest BCUT2D eigenvalue weighted by atomic mass is 16.3. The second-order valence-corrected chi connectivity index (χ2v) is 7.52. The lowest BCUT2D eigenvalue weighted by molar-refractivity contribution is -0.109. The van der Waals surface area contributed by atoms with Crippen molar-refractivity contribution >= 4 is 23.8 Å². The number of benzene rings is 2. The highest BCUT2D eigenvalue weighted by Gasteiger charge is 2.12. The molecule has 0 aromatic heterocycles. The number of hydrogen-bond acceptors (Lipinski definition) is 6. The van der Waals surface area contributed by atoms with Crippen LogP contribution in [0.25, 0.3) is 0 Å². The van der Waals surface area contributed by atoms with Gasteiger partial charge in [0.05, 0.1) is 23.3 Å². The third-order valence-corrected chi connectivity index (χ3v) is 3.60. The van der Waals surface area contributed by atoms with Crippen molar-refractivity contribution in [1.29, 1.82) is 5.26 Å². The Hall–Kier alpha value is -3.54. The molecule has 2 amide bonds. The fourth-order valence-electron chi connectivity index (χ4n) is 2.09. The molecule has 0 saturated heterocycles. The van der Waals surface area contributed by atoms with Gasteiger partial charge in [0.15, 0.2) is 0 Å². The van der Waals surface area contributed by atoms with Gasteiger partial charge in [-0.25, -0.2) is 0 Å². The van der Waals surface area contributed by atoms with E-state index in [1.165, 1.54) is 0 Å². The van der Waals surface area contributed by atoms with Gasteiger partial charge >= 0.3 is 0 Å². The molecule has 2 aromatic rings. The molecule has 1 atom stereocenters. The van der Waals surface area contributed by atoms with Gasteiger partial charge in [0.25, 0.3) is 11.8 Å². The molecule has 0 fully saturated rings. The molecule has 32 heavy (non-hydrogen) atoms. The summed E-state index contributed by atoms with van der Waals surface area (Å²) in [6, 6.07) is 14.1. The third-order valence-electron chi connectivity index (χ3n) is 3.60. The van der Waals surface area contributed by atoms with Gasteiger partial charge in [-0.05, 0) is 75.7 Å². The van der Waals surface area contributed by atoms with Gasteiger partial charge in [-0.1, -0.05) is 6.92 Å². The molecule has 0 aliphatic heterocycles. The van der Waals surface area contributed by atoms with Crippen LogP contribution in [0.15, 0.2) is 48.5 Å². The van der Waals surface area contributed by atoms with Crippen LogP contribution in [0.2, 0.25) is 0 Å². The molecular weight excluding hydrogens is 410 g/mol. The molecule has 1 unspecified atom stereocenters. The fraction of sp³-hybridized carbons (Fsp3) is 0.333. The highest BCUT2D eigenvalue weighted by molar-refractivity contribution is 6.04. The first kappa shape index (κ1) is 28.5. The predicted octanol–water partition coefficient (Wildman–Crippen LogP) is 2.90. The first-order valence-electron chi connectivity index (χ1n) is 9.92. The van der Waals surface area contributed by atoms with Crippen LogP contribution in [0.5, 0.6) is 0 Å². The van der Waals surface area contributed by atoms with E-state index < -0.39 is 11.6 Å². The minimum absolute atomic E-state index is 0.311. The second-order valence-electron chi connectivity index (χ2n) is 7.52. The second kappa shape index (κ2) is 14.5. The topological polar surface area (TPSA) is 140 Å². The lowest BCUT2D eigenvalue weighted by atomic mass is 10.1. The molecular formula is C24H31N3O5. The summed E-state index contributed by atoms with van der Waals surface area (Å²) in [4.78, 5) is 34.9. The molecule has 8 nitrogen and oxygen atoms in total. The predicted molar refractivity (Wildman–Crippen MR) is 123 cm³/mol. The van der Waals surface area contributed by atoms with Gasteiger partial charge in [-0.15, -0.1) is 0 Å². The Morgan fingerprint density at radius 2 is 1.44 bits per heavy atom. The van der Waals surface area contributed by atoms with Crippen molar-refractivity contribution in [2.75, 3.05) is 12.4 Å². The van der Waals surface area contributed by atoms with E-state index in [4.69, 9.17) is 15.5 Å². The first-order chi connectivity index (χ1) is 15.1. The van der Waals surface area contributed by atoms with Crippen molar-refractivity contribution in [3.05, 3.63) is 65.2 Å². The zero-order valence-electron chi connectivity index (χ0n) is 19.0. The van der Waals surface area contributed by atoms with Crippen LogP contribution in [-0.4, -0.2) is 47.1 Å². The number of nitriles is 1. The van der Waals surface area contributed by atoms with E-state index in [0.29, 0.717) is 35.1 Å². The minimum atomic E-state index is -0.511. The summed E-state index contributed by atoms with van der Waals surface area (Å²) in [7, 11) is 1.00. The van der Waals surface area contributed by atoms with Crippen molar-refractivity contribution < 1.29 is 24.6 Å². The van der Waals surface area contributed by atoms with Gasteiger partial charge in [0.1, 0.15) is 6.29 Å². The largest absolute Gasteiger partial charge is 0.400 e. The molecule has 8 heteroatoms. The molecule has 2 aromatic carbocycles. The summed E-state index contributed by atoms with van der Waals surface area (Å²) < 4.78 is 0. The van der Waals surface area contributed by atoms with Gasteiger partial charge in [-0.2, -0.15) is 5.26 Å². The molecule has 0 bridgehead atoms. The van der Waals surface area contributed by atoms with Crippen LogP contribution < -0.4 is 10.6 Å². The number of carbonyl (C=O) groups excluding carboxylic acids is 3. The maximum Gasteiger partial charge on any atom is 0.255 e. The number of rotatable bonds is 6. The van der Waals surface area contributed by atoms with Crippen molar-refractivity contribution in [2.24, 2.45) is 0 Å². The van der Waals surface area contributed by atoms with Crippen LogP contribution >= 0.6 is 0 Å². The standard InChI is InChI=1S/C19H17N3O3.C4H10O.CH4O/c1-2-16(12-23)21-18(24)15-7-9-17(10-8-15)22-19(25)14-5-3-13(11-20)4-6-14;1-4(2,3)5;1-2/h3-10,12,16H,2H2,1H3,(H,21,24)(H,22,25);5H,1-3H3;2H,1H3. The van der Waals surface area contributed by atoms with Crippen molar-refractivity contribution in [3.8, 4) is 6.07 Å². The third kappa shape index (κ3) is 11.6. The van der Waals surface area contributed by atoms with Gasteiger partial charge < -0.3 is 25.6 Å². The average Bonchev–Trinajstić information content (AvgIpc) is 2.78. The van der Waals surface area contributed by atoms with Crippen LogP contribution in [0.4, 0.5) is 5.69 Å². The molecule has 4 N–H and O–H groups in total. The number of aliphatic hydroxyl groups is 2. The zero-order chi connectivity index (χ0) is 24.7. The SMILES string of the molecule is CC(C)(C)O.CCC(C=O)NC(=O)c1ccc(NC(=O)c2ccc(C#N)cc2)cc1.CO. The lowest BCUT2D eigenvalue weighted by Gasteiger charge is -2.11. The Morgan fingerprint density at radius 3 is 1.84 bits per heavy atom. The average molecular weight is 442 g/mol. The molecule has 0 spiro atoms. The number of aliphatic hydroxyl groups excluding tert-OH is 1. The quantitative estimate of drug-likeness (QED) is 0.508. The van der Waals surface area contributed by atoms with E-state index in [1.807, 2.05) is 6.07 Å². The van der Waals surface area contributed by atoms with E-state index >= 15 is 0 Å². The maximum atomic E-state index is 12.1. The molecule has 0 aliphatic rings. The minimum Gasteiger partial charge on any atom is -0.400 e. The number of nitrogens with one attached hydrogen (secondary N) is 2. The van der Waals surface area contributed by atoms with Crippen LogP contribution in [0, 0.1) is 11.3 Å². The summed E-state index contributed by atoms with van der Waals surface area (Å²) in [5, 5.41) is 29.6. The Kier molecular flexibility index (Phi) is 12.9. The fourth-order valence-corrected chi connectivity index (χ4v) is 2.09. The van der Waals surface area contributed by atoms with E-state index in [0.717, 1.165) is 7.11 Å². The lowest BCUT2D eigenvalue weighted by Crippen LogP contribution is -2.35. The number of carbonyl (C=O) groups is 3. The Morgan fingerprint density at radius 1 is 1.00 bits per heavy atom. The number of anilines is 1. The first-order valence-corrected chi connectivity index (χ1v) is 9.92. The molecule has 0 heterocycles.